The van der Waals surface area contributed by atoms with Gasteiger partial charge in [-0.15, -0.1) is 0 Å². The van der Waals surface area contributed by atoms with E-state index in [9.17, 15) is 0 Å². The number of nitrogens with one attached hydrogen (secondary N) is 1. The quantitative estimate of drug-likeness (QED) is 0.669. The summed E-state index contributed by atoms with van der Waals surface area (Å²) in [4.78, 5) is 2.46. The van der Waals surface area contributed by atoms with Gasteiger partial charge in [0.05, 0.1) is 0 Å². The fraction of sp³-hybridized carbons (Fsp3) is 0.789. The van der Waals surface area contributed by atoms with Crippen molar-refractivity contribution in [3.63, 3.8) is 0 Å². The van der Waals surface area contributed by atoms with Gasteiger partial charge in [-0.05, 0) is 56.8 Å². The van der Waals surface area contributed by atoms with Gasteiger partial charge < -0.3 is 4.90 Å². The average molecular weight is 306 g/mol. The molecule has 0 spiro atoms. The van der Waals surface area contributed by atoms with Crippen LogP contribution >= 0.6 is 0 Å². The van der Waals surface area contributed by atoms with Crippen LogP contribution in [0.2, 0.25) is 0 Å². The van der Waals surface area contributed by atoms with Gasteiger partial charge >= 0.3 is 0 Å². The third kappa shape index (κ3) is 4.85. The van der Waals surface area contributed by atoms with E-state index in [0.717, 1.165) is 6.54 Å². The van der Waals surface area contributed by atoms with Crippen LogP contribution in [0, 0.1) is 0 Å². The Hall–Kier alpha value is -0.800. The van der Waals surface area contributed by atoms with Gasteiger partial charge in [-0.1, -0.05) is 32.6 Å². The Labute approximate surface area is 137 Å². The van der Waals surface area contributed by atoms with E-state index in [4.69, 9.17) is 0 Å². The van der Waals surface area contributed by atoms with Crippen LogP contribution in [0.5, 0.6) is 0 Å². The summed E-state index contributed by atoms with van der Waals surface area (Å²) in [5.41, 5.74) is 6.90. The number of likely N-dealkylation sites (N-methyl/N-ethyl adjacent to an activating group) is 1. The van der Waals surface area contributed by atoms with Crippen molar-refractivity contribution >= 4 is 0 Å². The Morgan fingerprint density at radius 3 is 2.55 bits per heavy atom. The molecule has 1 atom stereocenters. The van der Waals surface area contributed by atoms with E-state index in [1.54, 1.807) is 5.57 Å². The highest BCUT2D eigenvalue weighted by molar-refractivity contribution is 5.31. The van der Waals surface area contributed by atoms with Gasteiger partial charge in [-0.25, -0.2) is 10.4 Å². The molecule has 2 rings (SSSR count). The van der Waals surface area contributed by atoms with Crippen LogP contribution in [0.4, 0.5) is 0 Å². The molecule has 0 saturated carbocycles. The molecule has 2 aliphatic rings. The number of piperidine rings is 1. The third-order valence-corrected chi connectivity index (χ3v) is 5.01. The highest BCUT2D eigenvalue weighted by Crippen LogP contribution is 2.26. The number of rotatable bonds is 8. The molecule has 3 nitrogen and oxygen atoms in total. The molecule has 2 aliphatic heterocycles. The van der Waals surface area contributed by atoms with E-state index < -0.39 is 0 Å². The van der Waals surface area contributed by atoms with Crippen molar-refractivity contribution < 1.29 is 0 Å². The fourth-order valence-electron chi connectivity index (χ4n) is 3.53. The first kappa shape index (κ1) is 17.6. The van der Waals surface area contributed by atoms with Crippen LogP contribution in [0.15, 0.2) is 23.4 Å². The van der Waals surface area contributed by atoms with Crippen molar-refractivity contribution in [2.75, 3.05) is 19.6 Å². The summed E-state index contributed by atoms with van der Waals surface area (Å²) < 4.78 is 0. The lowest BCUT2D eigenvalue weighted by molar-refractivity contribution is 0.0875. The van der Waals surface area contributed by atoms with Gasteiger partial charge in [0, 0.05) is 25.8 Å². The Bertz CT molecular complexity index is 380. The SMILES string of the molecule is CCCCCCC1=C(C)C=CN(CC)C1NN1CCCCC1. The standard InChI is InChI=1S/C19H35N3/c1-4-6-7-9-12-18-17(3)13-16-21(5-2)19(18)20-22-14-10-8-11-15-22/h13,16,19-20H,4-12,14-15H2,1-3H3. The molecule has 0 aromatic rings. The van der Waals surface area contributed by atoms with Crippen LogP contribution in [-0.4, -0.2) is 35.7 Å². The average Bonchev–Trinajstić information content (AvgIpc) is 2.55. The first-order chi connectivity index (χ1) is 10.8. The van der Waals surface area contributed by atoms with Crippen molar-refractivity contribution in [2.24, 2.45) is 0 Å². The first-order valence-corrected chi connectivity index (χ1v) is 9.41. The smallest absolute Gasteiger partial charge is 0.114 e. The summed E-state index contributed by atoms with van der Waals surface area (Å²) in [5, 5.41) is 2.45. The van der Waals surface area contributed by atoms with Crippen molar-refractivity contribution in [3.8, 4) is 0 Å². The molecule has 0 aliphatic carbocycles. The maximum Gasteiger partial charge on any atom is 0.114 e. The predicted molar refractivity (Wildman–Crippen MR) is 95.3 cm³/mol. The minimum absolute atomic E-state index is 0.370. The number of nitrogens with zero attached hydrogens (tertiary/aromatic N) is 2. The lowest BCUT2D eigenvalue weighted by atomic mass is 9.96. The number of unbranched alkanes of at least 4 members (excludes halogenated alkanes) is 3. The Kier molecular flexibility index (Phi) is 7.47. The van der Waals surface area contributed by atoms with Crippen LogP contribution in [0.3, 0.4) is 0 Å². The van der Waals surface area contributed by atoms with Gasteiger partial charge in [0.15, 0.2) is 0 Å². The summed E-state index contributed by atoms with van der Waals surface area (Å²) in [6.07, 6.45) is 15.6. The summed E-state index contributed by atoms with van der Waals surface area (Å²) in [5.74, 6) is 0. The molecule has 1 unspecified atom stereocenters. The number of hydrogen-bond donors (Lipinski definition) is 1. The molecular formula is C19H35N3. The summed E-state index contributed by atoms with van der Waals surface area (Å²) in [6.45, 7) is 10.3. The van der Waals surface area contributed by atoms with Gasteiger partial charge in [0.1, 0.15) is 6.17 Å². The number of hydrogen-bond acceptors (Lipinski definition) is 3. The molecule has 126 valence electrons. The van der Waals surface area contributed by atoms with Crippen molar-refractivity contribution in [1.29, 1.82) is 0 Å². The second kappa shape index (κ2) is 9.36. The van der Waals surface area contributed by atoms with Crippen molar-refractivity contribution in [1.82, 2.24) is 15.3 Å². The van der Waals surface area contributed by atoms with Gasteiger partial charge in [-0.3, -0.25) is 0 Å². The first-order valence-electron chi connectivity index (χ1n) is 9.41. The Morgan fingerprint density at radius 1 is 1.09 bits per heavy atom. The lowest BCUT2D eigenvalue weighted by Gasteiger charge is -2.40. The minimum atomic E-state index is 0.370. The second-order valence-electron chi connectivity index (χ2n) is 6.74. The second-order valence-corrected chi connectivity index (χ2v) is 6.74. The zero-order chi connectivity index (χ0) is 15.8. The van der Waals surface area contributed by atoms with Crippen LogP contribution in [0.1, 0.15) is 72.1 Å². The fourth-order valence-corrected chi connectivity index (χ4v) is 3.53. The Morgan fingerprint density at radius 2 is 1.86 bits per heavy atom. The normalized spacial score (nSPS) is 23.4. The molecule has 0 aromatic carbocycles. The lowest BCUT2D eigenvalue weighted by Crippen LogP contribution is -2.54. The molecule has 1 saturated heterocycles. The maximum atomic E-state index is 3.83. The third-order valence-electron chi connectivity index (χ3n) is 5.01. The van der Waals surface area contributed by atoms with E-state index in [2.05, 4.69) is 48.4 Å². The number of allylic oxidation sites excluding steroid dienone is 2. The minimum Gasteiger partial charge on any atom is -0.358 e. The molecule has 1 fully saturated rings. The van der Waals surface area contributed by atoms with Crippen molar-refractivity contribution in [3.05, 3.63) is 23.4 Å². The number of hydrazine groups is 1. The summed E-state index contributed by atoms with van der Waals surface area (Å²) in [6, 6.07) is 0. The molecule has 2 heterocycles. The van der Waals surface area contributed by atoms with Gasteiger partial charge in [0.25, 0.3) is 0 Å². The molecule has 22 heavy (non-hydrogen) atoms. The van der Waals surface area contributed by atoms with E-state index >= 15 is 0 Å². The highest BCUT2D eigenvalue weighted by Gasteiger charge is 2.25. The molecule has 1 N–H and O–H groups in total. The van der Waals surface area contributed by atoms with E-state index in [1.807, 2.05) is 0 Å². The van der Waals surface area contributed by atoms with Gasteiger partial charge in [0.2, 0.25) is 0 Å². The molecular weight excluding hydrogens is 270 g/mol. The predicted octanol–water partition coefficient (Wildman–Crippen LogP) is 4.44. The van der Waals surface area contributed by atoms with E-state index in [1.165, 1.54) is 70.0 Å². The zero-order valence-corrected chi connectivity index (χ0v) is 14.9. The highest BCUT2D eigenvalue weighted by atomic mass is 15.6. The van der Waals surface area contributed by atoms with Crippen LogP contribution in [-0.2, 0) is 0 Å². The molecule has 0 radical (unpaired) electrons. The zero-order valence-electron chi connectivity index (χ0n) is 14.9. The summed E-state index contributed by atoms with van der Waals surface area (Å²) in [7, 11) is 0. The largest absolute Gasteiger partial charge is 0.358 e. The summed E-state index contributed by atoms with van der Waals surface area (Å²) >= 11 is 0. The van der Waals surface area contributed by atoms with Crippen LogP contribution < -0.4 is 5.43 Å². The van der Waals surface area contributed by atoms with E-state index in [-0.39, 0.29) is 0 Å². The van der Waals surface area contributed by atoms with Gasteiger partial charge in [-0.2, -0.15) is 0 Å². The molecule has 0 aromatic heterocycles. The Balaban J connectivity index is 2.00. The topological polar surface area (TPSA) is 18.5 Å². The maximum absolute atomic E-state index is 3.83. The monoisotopic (exact) mass is 305 g/mol. The molecule has 0 bridgehead atoms. The van der Waals surface area contributed by atoms with E-state index in [0.29, 0.717) is 6.17 Å². The van der Waals surface area contributed by atoms with Crippen LogP contribution in [0.25, 0.3) is 0 Å². The molecule has 3 heteroatoms. The molecule has 0 amide bonds. The van der Waals surface area contributed by atoms with Crippen molar-refractivity contribution in [2.45, 2.75) is 78.3 Å².